The summed E-state index contributed by atoms with van der Waals surface area (Å²) in [6, 6.07) is 4.23. The molecule has 13 heavy (non-hydrogen) atoms. The number of aromatic nitrogens is 1. The molecule has 3 heteroatoms. The molecule has 0 spiro atoms. The van der Waals surface area contributed by atoms with Gasteiger partial charge in [0.05, 0.1) is 5.69 Å². The van der Waals surface area contributed by atoms with E-state index in [1.807, 2.05) is 18.3 Å². The van der Waals surface area contributed by atoms with Gasteiger partial charge in [-0.3, -0.25) is 4.98 Å². The number of anilines is 1. The second-order valence-corrected chi connectivity index (χ2v) is 3.47. The second-order valence-electron chi connectivity index (χ2n) is 3.47. The molecule has 1 aromatic heterocycles. The molecule has 0 saturated heterocycles. The number of rotatable bonds is 4. The van der Waals surface area contributed by atoms with Gasteiger partial charge in [0, 0.05) is 25.0 Å². The summed E-state index contributed by atoms with van der Waals surface area (Å²) in [5.41, 5.74) is 6.67. The van der Waals surface area contributed by atoms with Crippen LogP contribution in [0.25, 0.3) is 0 Å². The Kier molecular flexibility index (Phi) is 3.71. The topological polar surface area (TPSA) is 50.9 Å². The van der Waals surface area contributed by atoms with Gasteiger partial charge in [0.1, 0.15) is 0 Å². The van der Waals surface area contributed by atoms with Crippen LogP contribution in [0, 0.1) is 5.92 Å². The number of pyridine rings is 1. The molecule has 0 aliphatic rings. The normalized spacial score (nSPS) is 12.9. The Morgan fingerprint density at radius 2 is 2.31 bits per heavy atom. The van der Waals surface area contributed by atoms with E-state index in [4.69, 9.17) is 5.73 Å². The van der Waals surface area contributed by atoms with Crippen molar-refractivity contribution in [1.82, 2.24) is 4.98 Å². The number of hydrogen-bond donors (Lipinski definition) is 2. The van der Waals surface area contributed by atoms with Crippen molar-refractivity contribution in [3.63, 3.8) is 0 Å². The van der Waals surface area contributed by atoms with E-state index in [1.54, 1.807) is 6.20 Å². The van der Waals surface area contributed by atoms with Crippen LogP contribution in [0.4, 0.5) is 5.69 Å². The smallest absolute Gasteiger partial charge is 0.0529 e. The van der Waals surface area contributed by atoms with Gasteiger partial charge in [0.2, 0.25) is 0 Å². The Balaban J connectivity index is 2.57. The highest BCUT2D eigenvalue weighted by molar-refractivity contribution is 5.40. The molecule has 1 rings (SSSR count). The van der Waals surface area contributed by atoms with Crippen LogP contribution in [0.2, 0.25) is 0 Å². The fraction of sp³-hybridized carbons (Fsp3) is 0.500. The first kappa shape index (κ1) is 9.99. The Hall–Kier alpha value is -1.09. The van der Waals surface area contributed by atoms with E-state index in [0.29, 0.717) is 18.5 Å². The van der Waals surface area contributed by atoms with Gasteiger partial charge in [0.15, 0.2) is 0 Å². The molecule has 72 valence electrons. The zero-order chi connectivity index (χ0) is 9.68. The molecular formula is C10H17N3. The monoisotopic (exact) mass is 179 g/mol. The van der Waals surface area contributed by atoms with E-state index in [1.165, 1.54) is 0 Å². The van der Waals surface area contributed by atoms with Gasteiger partial charge >= 0.3 is 0 Å². The maximum Gasteiger partial charge on any atom is 0.0529 e. The Bertz CT molecular complexity index is 233. The minimum Gasteiger partial charge on any atom is -0.380 e. The van der Waals surface area contributed by atoms with Crippen molar-refractivity contribution in [2.24, 2.45) is 11.7 Å². The number of hydrogen-bond acceptors (Lipinski definition) is 3. The quantitative estimate of drug-likeness (QED) is 0.736. The first-order valence-electron chi connectivity index (χ1n) is 4.60. The van der Waals surface area contributed by atoms with Crippen LogP contribution in [0.15, 0.2) is 24.5 Å². The predicted octanol–water partition coefficient (Wildman–Crippen LogP) is 1.48. The zero-order valence-corrected chi connectivity index (χ0v) is 8.20. The summed E-state index contributed by atoms with van der Waals surface area (Å²) in [5.74, 6) is 0.533. The van der Waals surface area contributed by atoms with Gasteiger partial charge < -0.3 is 11.1 Å². The highest BCUT2D eigenvalue weighted by Crippen LogP contribution is 2.09. The highest BCUT2D eigenvalue weighted by atomic mass is 15.0. The largest absolute Gasteiger partial charge is 0.380 e. The maximum atomic E-state index is 5.64. The third-order valence-electron chi connectivity index (χ3n) is 2.07. The van der Waals surface area contributed by atoms with Gasteiger partial charge in [-0.25, -0.2) is 0 Å². The molecule has 1 atom stereocenters. The fourth-order valence-electron chi connectivity index (χ4n) is 1.16. The minimum absolute atomic E-state index is 0.323. The van der Waals surface area contributed by atoms with E-state index in [0.717, 1.165) is 5.69 Å². The molecule has 0 fully saturated rings. The summed E-state index contributed by atoms with van der Waals surface area (Å²) in [7, 11) is 0. The Labute approximate surface area is 79.4 Å². The van der Waals surface area contributed by atoms with Gasteiger partial charge in [-0.2, -0.15) is 0 Å². The molecular weight excluding hydrogens is 162 g/mol. The molecule has 0 aliphatic carbocycles. The number of nitrogens with zero attached hydrogens (tertiary/aromatic N) is 1. The number of nitrogens with one attached hydrogen (secondary N) is 1. The van der Waals surface area contributed by atoms with Crippen molar-refractivity contribution >= 4 is 5.69 Å². The van der Waals surface area contributed by atoms with E-state index in [2.05, 4.69) is 24.1 Å². The van der Waals surface area contributed by atoms with Crippen LogP contribution in [-0.2, 0) is 0 Å². The summed E-state index contributed by atoms with van der Waals surface area (Å²) >= 11 is 0. The zero-order valence-electron chi connectivity index (χ0n) is 8.20. The van der Waals surface area contributed by atoms with E-state index >= 15 is 0 Å². The summed E-state index contributed by atoms with van der Waals surface area (Å²) in [6.07, 6.45) is 3.57. The molecule has 3 N–H and O–H groups in total. The first-order chi connectivity index (χ1) is 6.24. The van der Waals surface area contributed by atoms with Crippen LogP contribution < -0.4 is 11.1 Å². The van der Waals surface area contributed by atoms with Crippen molar-refractivity contribution in [1.29, 1.82) is 0 Å². The molecule has 1 heterocycles. The lowest BCUT2D eigenvalue weighted by molar-refractivity contribution is 0.531. The van der Waals surface area contributed by atoms with Crippen molar-refractivity contribution in [3.8, 4) is 0 Å². The van der Waals surface area contributed by atoms with Crippen LogP contribution in [0.3, 0.4) is 0 Å². The fourth-order valence-corrected chi connectivity index (χ4v) is 1.16. The lowest BCUT2D eigenvalue weighted by Gasteiger charge is -2.21. The van der Waals surface area contributed by atoms with Crippen LogP contribution in [0.1, 0.15) is 13.8 Å². The van der Waals surface area contributed by atoms with Crippen LogP contribution in [0.5, 0.6) is 0 Å². The lowest BCUT2D eigenvalue weighted by Crippen LogP contribution is -2.33. The Morgan fingerprint density at radius 1 is 1.54 bits per heavy atom. The molecule has 0 saturated carbocycles. The second kappa shape index (κ2) is 4.82. The number of nitrogens with two attached hydrogens (primary N) is 1. The summed E-state index contributed by atoms with van der Waals surface area (Å²) in [6.45, 7) is 4.95. The summed E-state index contributed by atoms with van der Waals surface area (Å²) in [5, 5.41) is 3.34. The molecule has 0 aromatic carbocycles. The van der Waals surface area contributed by atoms with Gasteiger partial charge in [-0.1, -0.05) is 13.8 Å². The van der Waals surface area contributed by atoms with Gasteiger partial charge in [-0.05, 0) is 18.1 Å². The third kappa shape index (κ3) is 3.03. The van der Waals surface area contributed by atoms with E-state index < -0.39 is 0 Å². The molecule has 1 unspecified atom stereocenters. The van der Waals surface area contributed by atoms with Gasteiger partial charge in [-0.15, -0.1) is 0 Å². The average molecular weight is 179 g/mol. The molecule has 0 aliphatic heterocycles. The molecule has 0 bridgehead atoms. The van der Waals surface area contributed by atoms with Crippen molar-refractivity contribution in [2.75, 3.05) is 11.9 Å². The molecule has 0 amide bonds. The van der Waals surface area contributed by atoms with Crippen LogP contribution >= 0.6 is 0 Å². The minimum atomic E-state index is 0.323. The lowest BCUT2D eigenvalue weighted by atomic mass is 10.0. The van der Waals surface area contributed by atoms with E-state index in [-0.39, 0.29) is 0 Å². The van der Waals surface area contributed by atoms with Crippen molar-refractivity contribution in [2.45, 2.75) is 19.9 Å². The first-order valence-corrected chi connectivity index (χ1v) is 4.60. The van der Waals surface area contributed by atoms with Gasteiger partial charge in [0.25, 0.3) is 0 Å². The molecule has 0 radical (unpaired) electrons. The average Bonchev–Trinajstić information content (AvgIpc) is 2.15. The SMILES string of the molecule is CC(C)C(CN)Nc1cccnc1. The standard InChI is InChI=1S/C10H17N3/c1-8(2)10(6-11)13-9-4-3-5-12-7-9/h3-5,7-8,10,13H,6,11H2,1-2H3. The third-order valence-corrected chi connectivity index (χ3v) is 2.07. The van der Waals surface area contributed by atoms with E-state index in [9.17, 15) is 0 Å². The maximum absolute atomic E-state index is 5.64. The summed E-state index contributed by atoms with van der Waals surface area (Å²) < 4.78 is 0. The predicted molar refractivity (Wildman–Crippen MR) is 55.5 cm³/mol. The highest BCUT2D eigenvalue weighted by Gasteiger charge is 2.10. The van der Waals surface area contributed by atoms with Crippen molar-refractivity contribution in [3.05, 3.63) is 24.5 Å². The van der Waals surface area contributed by atoms with Crippen molar-refractivity contribution < 1.29 is 0 Å². The molecule has 1 aromatic rings. The summed E-state index contributed by atoms with van der Waals surface area (Å²) in [4.78, 5) is 4.03. The Morgan fingerprint density at radius 3 is 2.77 bits per heavy atom. The van der Waals surface area contributed by atoms with Crippen LogP contribution in [-0.4, -0.2) is 17.6 Å². The molecule has 3 nitrogen and oxygen atoms in total.